The van der Waals surface area contributed by atoms with Crippen molar-refractivity contribution in [1.82, 2.24) is 5.16 Å². The fraction of sp³-hybridized carbons (Fsp3) is 0.174. The lowest BCUT2D eigenvalue weighted by Crippen LogP contribution is -2.23. The van der Waals surface area contributed by atoms with Gasteiger partial charge in [-0.3, -0.25) is 9.59 Å². The summed E-state index contributed by atoms with van der Waals surface area (Å²) in [5, 5.41) is 16.1. The number of ketones is 1. The van der Waals surface area contributed by atoms with Gasteiger partial charge < -0.3 is 19.7 Å². The van der Waals surface area contributed by atoms with E-state index in [0.717, 1.165) is 5.56 Å². The molecule has 1 aromatic heterocycles. The summed E-state index contributed by atoms with van der Waals surface area (Å²) < 4.78 is 10.8. The molecule has 30 heavy (non-hydrogen) atoms. The number of ether oxygens (including phenoxy) is 1. The van der Waals surface area contributed by atoms with Crippen LogP contribution in [0.4, 0.5) is 5.69 Å². The number of anilines is 1. The number of carbonyl (C=O) groups excluding carboxylic acids is 2. The van der Waals surface area contributed by atoms with Gasteiger partial charge in [-0.2, -0.15) is 0 Å². The molecule has 2 N–H and O–H groups in total. The smallest absolute Gasteiger partial charge is 0.243 e. The highest BCUT2D eigenvalue weighted by atomic mass is 16.5. The summed E-state index contributed by atoms with van der Waals surface area (Å²) in [5.74, 6) is 5.17. The number of phenols is 1. The van der Waals surface area contributed by atoms with E-state index in [1.54, 1.807) is 12.1 Å². The quantitative estimate of drug-likeness (QED) is 0.395. The molecule has 1 atom stereocenters. The molecule has 7 nitrogen and oxygen atoms in total. The van der Waals surface area contributed by atoms with E-state index in [1.807, 2.05) is 30.3 Å². The molecule has 4 rings (SSSR count). The molecular weight excluding hydrogens is 384 g/mol. The zero-order chi connectivity index (χ0) is 20.9. The maximum atomic E-state index is 12.3. The van der Waals surface area contributed by atoms with Gasteiger partial charge in [-0.15, -0.1) is 0 Å². The summed E-state index contributed by atoms with van der Waals surface area (Å²) in [6.07, 6.45) is 0.456. The molecule has 0 unspecified atom stereocenters. The Kier molecular flexibility index (Phi) is 5.48. The van der Waals surface area contributed by atoms with Gasteiger partial charge in [-0.1, -0.05) is 47.3 Å². The van der Waals surface area contributed by atoms with Crippen molar-refractivity contribution >= 4 is 17.4 Å². The third kappa shape index (κ3) is 4.50. The minimum absolute atomic E-state index is 0.0225. The molecule has 0 radical (unpaired) electrons. The Morgan fingerprint density at radius 2 is 2.03 bits per heavy atom. The molecule has 0 spiro atoms. The molecule has 2 aromatic carbocycles. The molecule has 0 aliphatic carbocycles. The van der Waals surface area contributed by atoms with Crippen molar-refractivity contribution in [2.24, 2.45) is 5.92 Å². The summed E-state index contributed by atoms with van der Waals surface area (Å²) in [6.45, 7) is 0.0225. The van der Waals surface area contributed by atoms with Crippen LogP contribution >= 0.6 is 0 Å². The van der Waals surface area contributed by atoms with Gasteiger partial charge in [0.15, 0.2) is 11.5 Å². The van der Waals surface area contributed by atoms with Gasteiger partial charge in [0.2, 0.25) is 5.91 Å². The lowest BCUT2D eigenvalue weighted by atomic mass is 10.1. The first-order valence-corrected chi connectivity index (χ1v) is 9.36. The molecule has 0 bridgehead atoms. The normalized spacial score (nSPS) is 15.1. The number of carbonyl (C=O) groups is 2. The van der Waals surface area contributed by atoms with Crippen LogP contribution in [0.25, 0.3) is 0 Å². The van der Waals surface area contributed by atoms with Gasteiger partial charge >= 0.3 is 0 Å². The Morgan fingerprint density at radius 3 is 2.87 bits per heavy atom. The number of amides is 1. The van der Waals surface area contributed by atoms with E-state index in [9.17, 15) is 14.7 Å². The number of nitrogens with one attached hydrogen (secondary N) is 1. The number of benzene rings is 2. The molecule has 1 amide bonds. The van der Waals surface area contributed by atoms with Crippen molar-refractivity contribution < 1.29 is 24.0 Å². The Hall–Kier alpha value is -4.05. The van der Waals surface area contributed by atoms with Crippen LogP contribution in [0.5, 0.6) is 11.5 Å². The zero-order valence-electron chi connectivity index (χ0n) is 15.9. The van der Waals surface area contributed by atoms with E-state index < -0.39 is 5.92 Å². The lowest BCUT2D eigenvalue weighted by molar-refractivity contribution is -0.118. The highest BCUT2D eigenvalue weighted by Gasteiger charge is 2.23. The number of fused-ring (bicyclic) bond motifs is 1. The summed E-state index contributed by atoms with van der Waals surface area (Å²) in [6, 6.07) is 15.8. The molecule has 1 aliphatic rings. The van der Waals surface area contributed by atoms with Crippen LogP contribution in [0.2, 0.25) is 0 Å². The number of aromatic hydroxyl groups is 1. The third-order valence-corrected chi connectivity index (χ3v) is 4.54. The van der Waals surface area contributed by atoms with Gasteiger partial charge in [0, 0.05) is 18.6 Å². The molecule has 150 valence electrons. The SMILES string of the molecule is O=C(CC#C[C@H]1COc2cc(O)ccc2NC1=O)c1cc(Cc2ccccc2)on1. The minimum atomic E-state index is -0.738. The fourth-order valence-electron chi connectivity index (χ4n) is 2.98. The first-order chi connectivity index (χ1) is 14.6. The first-order valence-electron chi connectivity index (χ1n) is 9.36. The maximum absolute atomic E-state index is 12.3. The maximum Gasteiger partial charge on any atom is 0.243 e. The second-order valence-electron chi connectivity index (χ2n) is 6.80. The third-order valence-electron chi connectivity index (χ3n) is 4.54. The average Bonchev–Trinajstić information content (AvgIpc) is 3.15. The van der Waals surface area contributed by atoms with E-state index in [2.05, 4.69) is 22.3 Å². The molecule has 7 heteroatoms. The average molecular weight is 402 g/mol. The van der Waals surface area contributed by atoms with Crippen LogP contribution in [-0.4, -0.2) is 28.6 Å². The lowest BCUT2D eigenvalue weighted by Gasteiger charge is -2.06. The number of hydrogen-bond donors (Lipinski definition) is 2. The molecule has 1 aliphatic heterocycles. The van der Waals surface area contributed by atoms with Crippen LogP contribution < -0.4 is 10.1 Å². The van der Waals surface area contributed by atoms with Gasteiger partial charge in [-0.25, -0.2) is 0 Å². The number of Topliss-reactive ketones (excluding diaryl/α,β-unsaturated/α-hetero) is 1. The van der Waals surface area contributed by atoms with E-state index in [0.29, 0.717) is 23.6 Å². The standard InChI is InChI=1S/C23H18N2O5/c26-17-9-10-19-22(12-17)29-14-16(23(28)24-19)7-4-8-21(27)20-13-18(30-25-20)11-15-5-2-1-3-6-15/h1-3,5-6,9-10,12-13,16,26H,8,11,14H2,(H,24,28)/t16-/m0/s1. The van der Waals surface area contributed by atoms with E-state index in [1.165, 1.54) is 12.1 Å². The van der Waals surface area contributed by atoms with Crippen LogP contribution in [0.1, 0.15) is 28.2 Å². The molecule has 2 heterocycles. The number of rotatable bonds is 4. The predicted octanol–water partition coefficient (Wildman–Crippen LogP) is 3.19. The van der Waals surface area contributed by atoms with E-state index in [4.69, 9.17) is 9.26 Å². The number of aromatic nitrogens is 1. The van der Waals surface area contributed by atoms with E-state index in [-0.39, 0.29) is 36.2 Å². The summed E-state index contributed by atoms with van der Waals surface area (Å²) in [7, 11) is 0. The van der Waals surface area contributed by atoms with Crippen molar-refractivity contribution in [3.05, 3.63) is 71.6 Å². The highest BCUT2D eigenvalue weighted by Crippen LogP contribution is 2.31. The second kappa shape index (κ2) is 8.53. The second-order valence-corrected chi connectivity index (χ2v) is 6.80. The molecule has 0 saturated carbocycles. The molecular formula is C23H18N2O5. The van der Waals surface area contributed by atoms with Crippen molar-refractivity contribution in [3.8, 4) is 23.3 Å². The zero-order valence-corrected chi connectivity index (χ0v) is 15.9. The summed E-state index contributed by atoms with van der Waals surface area (Å²) >= 11 is 0. The van der Waals surface area contributed by atoms with Gasteiger partial charge in [0.1, 0.15) is 29.8 Å². The Bertz CT molecular complexity index is 1140. The van der Waals surface area contributed by atoms with Crippen LogP contribution in [0.3, 0.4) is 0 Å². The van der Waals surface area contributed by atoms with Gasteiger partial charge in [-0.05, 0) is 17.7 Å². The monoisotopic (exact) mass is 402 g/mol. The minimum Gasteiger partial charge on any atom is -0.508 e. The van der Waals surface area contributed by atoms with Gasteiger partial charge in [0.25, 0.3) is 0 Å². The first kappa shape index (κ1) is 19.3. The number of phenolic OH excluding ortho intramolecular Hbond substituents is 1. The van der Waals surface area contributed by atoms with Crippen molar-refractivity contribution in [1.29, 1.82) is 0 Å². The molecule has 0 fully saturated rings. The molecule has 3 aromatic rings. The fourth-order valence-corrected chi connectivity index (χ4v) is 2.98. The van der Waals surface area contributed by atoms with E-state index >= 15 is 0 Å². The number of hydrogen-bond acceptors (Lipinski definition) is 6. The van der Waals surface area contributed by atoms with Crippen LogP contribution in [0, 0.1) is 17.8 Å². The Balaban J connectivity index is 1.36. The van der Waals surface area contributed by atoms with Crippen LogP contribution in [-0.2, 0) is 11.2 Å². The highest BCUT2D eigenvalue weighted by molar-refractivity contribution is 5.97. The topological polar surface area (TPSA) is 102 Å². The summed E-state index contributed by atoms with van der Waals surface area (Å²) in [4.78, 5) is 24.6. The van der Waals surface area contributed by atoms with Crippen molar-refractivity contribution in [2.45, 2.75) is 12.8 Å². The predicted molar refractivity (Wildman–Crippen MR) is 108 cm³/mol. The largest absolute Gasteiger partial charge is 0.508 e. The van der Waals surface area contributed by atoms with Crippen LogP contribution in [0.15, 0.2) is 59.1 Å². The van der Waals surface area contributed by atoms with Crippen molar-refractivity contribution in [3.63, 3.8) is 0 Å². The Labute approximate surface area is 172 Å². The van der Waals surface area contributed by atoms with Crippen molar-refractivity contribution in [2.75, 3.05) is 11.9 Å². The summed E-state index contributed by atoms with van der Waals surface area (Å²) in [5.41, 5.74) is 1.73. The number of nitrogens with zero attached hydrogens (tertiary/aromatic N) is 1. The van der Waals surface area contributed by atoms with Gasteiger partial charge in [0.05, 0.1) is 12.1 Å². The Morgan fingerprint density at radius 1 is 1.20 bits per heavy atom. The molecule has 0 saturated heterocycles.